The van der Waals surface area contributed by atoms with Crippen LogP contribution in [0.1, 0.15) is 5.56 Å². The molecule has 102 valence electrons. The van der Waals surface area contributed by atoms with Gasteiger partial charge in [0.05, 0.1) is 11.8 Å². The van der Waals surface area contributed by atoms with Crippen molar-refractivity contribution in [1.82, 2.24) is 14.5 Å². The molecule has 0 spiro atoms. The van der Waals surface area contributed by atoms with E-state index in [2.05, 4.69) is 9.97 Å². The maximum Gasteiger partial charge on any atom is 0.160 e. The SMILES string of the molecule is CN(c1ccccc1CN)c1nccc2c1ncn2C. The number of nitrogens with two attached hydrogens (primary N) is 1. The number of imidazole rings is 1. The lowest BCUT2D eigenvalue weighted by molar-refractivity contribution is 0.947. The van der Waals surface area contributed by atoms with E-state index in [-0.39, 0.29) is 0 Å². The van der Waals surface area contributed by atoms with E-state index < -0.39 is 0 Å². The average Bonchev–Trinajstić information content (AvgIpc) is 2.88. The molecule has 2 heterocycles. The number of nitrogens with zero attached hydrogens (tertiary/aromatic N) is 4. The van der Waals surface area contributed by atoms with Gasteiger partial charge in [-0.15, -0.1) is 0 Å². The van der Waals surface area contributed by atoms with Crippen LogP contribution in [0.25, 0.3) is 11.0 Å². The molecule has 1 aromatic carbocycles. The van der Waals surface area contributed by atoms with Crippen LogP contribution >= 0.6 is 0 Å². The lowest BCUT2D eigenvalue weighted by atomic mass is 10.1. The molecule has 2 N–H and O–H groups in total. The molecule has 0 amide bonds. The highest BCUT2D eigenvalue weighted by Gasteiger charge is 2.14. The summed E-state index contributed by atoms with van der Waals surface area (Å²) >= 11 is 0. The number of fused-ring (bicyclic) bond motifs is 1. The molecule has 0 aliphatic heterocycles. The predicted molar refractivity (Wildman–Crippen MR) is 80.9 cm³/mol. The number of anilines is 2. The number of pyridine rings is 1. The van der Waals surface area contributed by atoms with E-state index in [4.69, 9.17) is 5.73 Å². The summed E-state index contributed by atoms with van der Waals surface area (Å²) in [6, 6.07) is 10.0. The van der Waals surface area contributed by atoms with Crippen molar-refractivity contribution in [3.05, 3.63) is 48.4 Å². The molecule has 0 atom stereocenters. The zero-order valence-corrected chi connectivity index (χ0v) is 11.6. The molecule has 0 saturated carbocycles. The zero-order valence-electron chi connectivity index (χ0n) is 11.6. The maximum atomic E-state index is 5.82. The standard InChI is InChI=1S/C15H17N5/c1-19-10-18-14-13(19)7-8-17-15(14)20(2)12-6-4-3-5-11(12)9-16/h3-8,10H,9,16H2,1-2H3. The van der Waals surface area contributed by atoms with Crippen LogP contribution in [0.3, 0.4) is 0 Å². The van der Waals surface area contributed by atoms with Crippen LogP contribution < -0.4 is 10.6 Å². The maximum absolute atomic E-state index is 5.82. The zero-order chi connectivity index (χ0) is 14.1. The van der Waals surface area contributed by atoms with Crippen LogP contribution in [0.2, 0.25) is 0 Å². The van der Waals surface area contributed by atoms with Crippen molar-refractivity contribution in [2.45, 2.75) is 6.54 Å². The quantitative estimate of drug-likeness (QED) is 0.790. The Kier molecular flexibility index (Phi) is 3.12. The van der Waals surface area contributed by atoms with Crippen molar-refractivity contribution in [1.29, 1.82) is 0 Å². The minimum Gasteiger partial charge on any atom is -0.334 e. The van der Waals surface area contributed by atoms with Crippen LogP contribution in [-0.4, -0.2) is 21.6 Å². The molecule has 5 nitrogen and oxygen atoms in total. The molecule has 0 aliphatic rings. The Hall–Kier alpha value is -2.40. The number of aromatic nitrogens is 3. The molecule has 0 aliphatic carbocycles. The molecule has 2 aromatic heterocycles. The van der Waals surface area contributed by atoms with Crippen molar-refractivity contribution < 1.29 is 0 Å². The first-order chi connectivity index (χ1) is 9.72. The summed E-state index contributed by atoms with van der Waals surface area (Å²) in [5, 5.41) is 0. The van der Waals surface area contributed by atoms with Crippen molar-refractivity contribution >= 4 is 22.5 Å². The van der Waals surface area contributed by atoms with Crippen LogP contribution in [0.15, 0.2) is 42.9 Å². The van der Waals surface area contributed by atoms with Crippen LogP contribution in [0.5, 0.6) is 0 Å². The van der Waals surface area contributed by atoms with E-state index in [0.29, 0.717) is 6.54 Å². The van der Waals surface area contributed by atoms with Gasteiger partial charge in [0.25, 0.3) is 0 Å². The fourth-order valence-electron chi connectivity index (χ4n) is 2.42. The summed E-state index contributed by atoms with van der Waals surface area (Å²) in [6.07, 6.45) is 3.61. The van der Waals surface area contributed by atoms with Gasteiger partial charge in [0.15, 0.2) is 5.82 Å². The lowest BCUT2D eigenvalue weighted by Gasteiger charge is -2.21. The summed E-state index contributed by atoms with van der Waals surface area (Å²) < 4.78 is 1.99. The predicted octanol–water partition coefficient (Wildman–Crippen LogP) is 2.19. The van der Waals surface area contributed by atoms with Gasteiger partial charge in [-0.2, -0.15) is 0 Å². The molecule has 0 saturated heterocycles. The number of hydrogen-bond donors (Lipinski definition) is 1. The summed E-state index contributed by atoms with van der Waals surface area (Å²) in [5.41, 5.74) is 9.92. The summed E-state index contributed by atoms with van der Waals surface area (Å²) in [7, 11) is 3.97. The van der Waals surface area contributed by atoms with Gasteiger partial charge in [0, 0.05) is 32.5 Å². The molecule has 3 rings (SSSR count). The molecule has 20 heavy (non-hydrogen) atoms. The molecular formula is C15H17N5. The molecule has 0 fully saturated rings. The third-order valence-corrected chi connectivity index (χ3v) is 3.51. The van der Waals surface area contributed by atoms with Crippen molar-refractivity contribution in [3.8, 4) is 0 Å². The third-order valence-electron chi connectivity index (χ3n) is 3.51. The van der Waals surface area contributed by atoms with E-state index in [1.807, 2.05) is 53.9 Å². The van der Waals surface area contributed by atoms with Gasteiger partial charge in [0.2, 0.25) is 0 Å². The van der Waals surface area contributed by atoms with Crippen LogP contribution in [0, 0.1) is 0 Å². The van der Waals surface area contributed by atoms with E-state index in [0.717, 1.165) is 28.1 Å². The highest BCUT2D eigenvalue weighted by Crippen LogP contribution is 2.29. The Morgan fingerprint density at radius 2 is 2.00 bits per heavy atom. The van der Waals surface area contributed by atoms with Gasteiger partial charge in [-0.25, -0.2) is 9.97 Å². The second-order valence-electron chi connectivity index (χ2n) is 4.75. The molecule has 3 aromatic rings. The minimum atomic E-state index is 0.499. The normalized spacial score (nSPS) is 10.9. The van der Waals surface area contributed by atoms with Crippen molar-refractivity contribution in [3.63, 3.8) is 0 Å². The molecule has 5 heteroatoms. The first kappa shape index (κ1) is 12.6. The monoisotopic (exact) mass is 267 g/mol. The smallest absolute Gasteiger partial charge is 0.160 e. The number of hydrogen-bond acceptors (Lipinski definition) is 4. The van der Waals surface area contributed by atoms with Gasteiger partial charge in [-0.05, 0) is 17.7 Å². The van der Waals surface area contributed by atoms with Crippen molar-refractivity contribution in [2.24, 2.45) is 12.8 Å². The highest BCUT2D eigenvalue weighted by molar-refractivity contribution is 5.88. The average molecular weight is 267 g/mol. The Morgan fingerprint density at radius 1 is 1.20 bits per heavy atom. The van der Waals surface area contributed by atoms with Crippen LogP contribution in [0.4, 0.5) is 11.5 Å². The van der Waals surface area contributed by atoms with E-state index in [1.54, 1.807) is 12.5 Å². The summed E-state index contributed by atoms with van der Waals surface area (Å²) in [6.45, 7) is 0.499. The third kappa shape index (κ3) is 1.92. The topological polar surface area (TPSA) is 60.0 Å². The van der Waals surface area contributed by atoms with Crippen molar-refractivity contribution in [2.75, 3.05) is 11.9 Å². The van der Waals surface area contributed by atoms with Gasteiger partial charge >= 0.3 is 0 Å². The largest absolute Gasteiger partial charge is 0.334 e. The molecule has 0 unspecified atom stereocenters. The minimum absolute atomic E-state index is 0.499. The molecule has 0 radical (unpaired) electrons. The first-order valence-electron chi connectivity index (χ1n) is 6.50. The van der Waals surface area contributed by atoms with Gasteiger partial charge in [0.1, 0.15) is 5.52 Å². The van der Waals surface area contributed by atoms with Gasteiger partial charge < -0.3 is 15.2 Å². The highest BCUT2D eigenvalue weighted by atomic mass is 15.2. The fraction of sp³-hybridized carbons (Fsp3) is 0.200. The Morgan fingerprint density at radius 3 is 2.80 bits per heavy atom. The Balaban J connectivity index is 2.15. The number of para-hydroxylation sites is 1. The number of aryl methyl sites for hydroxylation is 1. The number of benzene rings is 1. The van der Waals surface area contributed by atoms with E-state index >= 15 is 0 Å². The van der Waals surface area contributed by atoms with Crippen LogP contribution in [-0.2, 0) is 13.6 Å². The van der Waals surface area contributed by atoms with Gasteiger partial charge in [-0.1, -0.05) is 18.2 Å². The number of rotatable bonds is 3. The second kappa shape index (κ2) is 4.94. The summed E-state index contributed by atoms with van der Waals surface area (Å²) in [5.74, 6) is 0.837. The van der Waals surface area contributed by atoms with Gasteiger partial charge in [-0.3, -0.25) is 0 Å². The second-order valence-corrected chi connectivity index (χ2v) is 4.75. The lowest BCUT2D eigenvalue weighted by Crippen LogP contribution is -2.15. The first-order valence-corrected chi connectivity index (χ1v) is 6.50. The molecule has 0 bridgehead atoms. The fourth-order valence-corrected chi connectivity index (χ4v) is 2.42. The molecular weight excluding hydrogens is 250 g/mol. The Labute approximate surface area is 117 Å². The summed E-state index contributed by atoms with van der Waals surface area (Å²) in [4.78, 5) is 11.0. The van der Waals surface area contributed by atoms with E-state index in [9.17, 15) is 0 Å². The Bertz CT molecular complexity index is 747. The van der Waals surface area contributed by atoms with E-state index in [1.165, 1.54) is 0 Å².